The first-order valence-electron chi connectivity index (χ1n) is 13.5. The number of amides is 1. The molecule has 0 saturated heterocycles. The maximum Gasteiger partial charge on any atom is 0.231 e. The number of hydrogen-bond acceptors (Lipinski definition) is 3. The highest BCUT2D eigenvalue weighted by molar-refractivity contribution is 7.83. The maximum atomic E-state index is 14.5. The Balaban J connectivity index is 1.30. The number of aromatic nitrogens is 2. The minimum absolute atomic E-state index is 0.0635. The molecule has 0 spiro atoms. The summed E-state index contributed by atoms with van der Waals surface area (Å²) in [5, 5.41) is 0. The minimum Gasteiger partial charge on any atom is -0.337 e. The van der Waals surface area contributed by atoms with Gasteiger partial charge in [-0.25, -0.2) is 22.7 Å². The highest BCUT2D eigenvalue weighted by atomic mass is 32.2. The normalized spacial score (nSPS) is 20.5. The van der Waals surface area contributed by atoms with Gasteiger partial charge in [-0.05, 0) is 90.8 Å². The van der Waals surface area contributed by atoms with Crippen LogP contribution >= 0.6 is 0 Å². The molecule has 1 unspecified atom stereocenters. The molecule has 9 heteroatoms. The number of benzene rings is 3. The lowest BCUT2D eigenvalue weighted by Crippen LogP contribution is -2.34. The molecule has 6 nitrogen and oxygen atoms in total. The molecular formula is C31H30F2N4O2S. The van der Waals surface area contributed by atoms with E-state index in [0.717, 1.165) is 41.9 Å². The second-order valence-corrected chi connectivity index (χ2v) is 11.8. The van der Waals surface area contributed by atoms with Gasteiger partial charge in [0, 0.05) is 37.1 Å². The number of carbonyl (C=O) groups is 1. The molecule has 1 fully saturated rings. The fourth-order valence-electron chi connectivity index (χ4n) is 5.61. The number of anilines is 1. The monoisotopic (exact) mass is 560 g/mol. The lowest BCUT2D eigenvalue weighted by Gasteiger charge is -2.29. The molecule has 1 amide bonds. The number of halogens is 2. The van der Waals surface area contributed by atoms with Gasteiger partial charge in [0.15, 0.2) is 0 Å². The zero-order valence-electron chi connectivity index (χ0n) is 22.1. The van der Waals surface area contributed by atoms with E-state index in [2.05, 4.69) is 9.71 Å². The highest BCUT2D eigenvalue weighted by Crippen LogP contribution is 2.50. The highest BCUT2D eigenvalue weighted by Gasteiger charge is 2.47. The van der Waals surface area contributed by atoms with E-state index in [0.29, 0.717) is 16.9 Å². The van der Waals surface area contributed by atoms with Crippen LogP contribution in [0.2, 0.25) is 0 Å². The lowest BCUT2D eigenvalue weighted by atomic mass is 9.87. The number of fused-ring (bicyclic) bond motifs is 1. The van der Waals surface area contributed by atoms with E-state index < -0.39 is 11.0 Å². The molecule has 0 aliphatic heterocycles. The van der Waals surface area contributed by atoms with Crippen LogP contribution in [0.15, 0.2) is 84.0 Å². The first kappa shape index (κ1) is 26.5. The van der Waals surface area contributed by atoms with E-state index in [9.17, 15) is 17.8 Å². The van der Waals surface area contributed by atoms with E-state index in [4.69, 9.17) is 0 Å². The first-order chi connectivity index (χ1) is 19.4. The third kappa shape index (κ3) is 5.36. The number of nitrogens with one attached hydrogen (secondary N) is 1. The van der Waals surface area contributed by atoms with Crippen molar-refractivity contribution in [1.29, 1.82) is 0 Å². The van der Waals surface area contributed by atoms with Gasteiger partial charge < -0.3 is 9.47 Å². The Hall–Kier alpha value is -3.69. The standard InChI is InChI=1S/C31H30F2N4O2S/c1-36-16-15-34-30(36)19-37(31(38)27-18-26(27)24-6-2-3-7-28(24)33)22-12-9-20-5-4-8-29(25(20)17-22)35-40(39)23-13-10-21(32)11-14-23/h2-3,6-7,9-17,26-27,29,35H,4-5,8,18-19H2,1H3/t26-,27+,29+,40?/m0/s1. The Morgan fingerprint density at radius 2 is 1.90 bits per heavy atom. The molecule has 6 rings (SSSR count). The summed E-state index contributed by atoms with van der Waals surface area (Å²) in [6, 6.07) is 18.1. The van der Waals surface area contributed by atoms with Crippen molar-refractivity contribution in [2.75, 3.05) is 4.90 Å². The van der Waals surface area contributed by atoms with Crippen molar-refractivity contribution in [3.8, 4) is 0 Å². The Morgan fingerprint density at radius 3 is 2.65 bits per heavy atom. The maximum absolute atomic E-state index is 14.5. The molecule has 3 aromatic carbocycles. The van der Waals surface area contributed by atoms with E-state index in [1.54, 1.807) is 29.3 Å². The Bertz CT molecular complexity index is 1570. The van der Waals surface area contributed by atoms with Crippen molar-refractivity contribution in [2.45, 2.75) is 49.1 Å². The van der Waals surface area contributed by atoms with E-state index >= 15 is 0 Å². The molecule has 2 aliphatic rings. The SMILES string of the molecule is Cn1ccnc1CN(C(=O)[C@@H]1C[C@H]1c1ccccc1F)c1ccc2c(c1)[C@H](NS(=O)c1ccc(F)cc1)CCC2. The summed E-state index contributed by atoms with van der Waals surface area (Å²) >= 11 is 0. The van der Waals surface area contributed by atoms with Crippen LogP contribution < -0.4 is 9.62 Å². The number of hydrogen-bond donors (Lipinski definition) is 1. The average Bonchev–Trinajstić information content (AvgIpc) is 3.65. The van der Waals surface area contributed by atoms with Crippen LogP contribution in [0.4, 0.5) is 14.5 Å². The summed E-state index contributed by atoms with van der Waals surface area (Å²) in [5.74, 6) is -0.447. The number of nitrogens with zero attached hydrogens (tertiary/aromatic N) is 3. The van der Waals surface area contributed by atoms with Crippen LogP contribution in [0, 0.1) is 17.6 Å². The molecule has 2 aliphatic carbocycles. The van der Waals surface area contributed by atoms with E-state index in [-0.39, 0.29) is 42.0 Å². The van der Waals surface area contributed by atoms with Gasteiger partial charge in [0.2, 0.25) is 5.91 Å². The van der Waals surface area contributed by atoms with Gasteiger partial charge in [0.25, 0.3) is 0 Å². The van der Waals surface area contributed by atoms with Gasteiger partial charge in [-0.15, -0.1) is 0 Å². The molecule has 4 aromatic rings. The average molecular weight is 561 g/mol. The second kappa shape index (κ2) is 11.1. The second-order valence-electron chi connectivity index (χ2n) is 10.5. The van der Waals surface area contributed by atoms with Gasteiger partial charge in [0.05, 0.1) is 11.4 Å². The lowest BCUT2D eigenvalue weighted by molar-refractivity contribution is -0.120. The predicted molar refractivity (Wildman–Crippen MR) is 150 cm³/mol. The van der Waals surface area contributed by atoms with Crippen LogP contribution in [0.1, 0.15) is 53.7 Å². The summed E-state index contributed by atoms with van der Waals surface area (Å²) < 4.78 is 46.0. The molecule has 1 saturated carbocycles. The number of rotatable bonds is 8. The largest absolute Gasteiger partial charge is 0.337 e. The predicted octanol–water partition coefficient (Wildman–Crippen LogP) is 5.73. The molecule has 1 heterocycles. The summed E-state index contributed by atoms with van der Waals surface area (Å²) in [6.07, 6.45) is 6.76. The van der Waals surface area contributed by atoms with Crippen molar-refractivity contribution in [3.05, 3.63) is 113 Å². The Labute approximate surface area is 234 Å². The van der Waals surface area contributed by atoms with Crippen LogP contribution in [-0.4, -0.2) is 19.7 Å². The fourth-order valence-corrected chi connectivity index (χ4v) is 6.63. The molecule has 4 atom stereocenters. The Morgan fingerprint density at radius 1 is 1.10 bits per heavy atom. The first-order valence-corrected chi connectivity index (χ1v) is 14.6. The van der Waals surface area contributed by atoms with Crippen LogP contribution in [0.25, 0.3) is 0 Å². The van der Waals surface area contributed by atoms with Gasteiger partial charge in [-0.1, -0.05) is 24.3 Å². The topological polar surface area (TPSA) is 67.2 Å². The van der Waals surface area contributed by atoms with Gasteiger partial charge >= 0.3 is 0 Å². The van der Waals surface area contributed by atoms with Crippen LogP contribution in [-0.2, 0) is 35.8 Å². The molecular weight excluding hydrogens is 530 g/mol. The van der Waals surface area contributed by atoms with E-state index in [1.165, 1.54) is 30.3 Å². The molecule has 1 aromatic heterocycles. The smallest absolute Gasteiger partial charge is 0.231 e. The van der Waals surface area contributed by atoms with Gasteiger partial charge in [-0.3, -0.25) is 4.79 Å². The van der Waals surface area contributed by atoms with Crippen molar-refractivity contribution in [2.24, 2.45) is 13.0 Å². The quantitative estimate of drug-likeness (QED) is 0.300. The zero-order valence-corrected chi connectivity index (χ0v) is 22.9. The van der Waals surface area contributed by atoms with Crippen molar-refractivity contribution in [3.63, 3.8) is 0 Å². The fraction of sp³-hybridized carbons (Fsp3) is 0.290. The van der Waals surface area contributed by atoms with E-state index in [1.807, 2.05) is 36.0 Å². The number of aryl methyl sites for hydroxylation is 2. The summed E-state index contributed by atoms with van der Waals surface area (Å²) in [7, 11) is 0.367. The van der Waals surface area contributed by atoms with Crippen molar-refractivity contribution in [1.82, 2.24) is 14.3 Å². The summed E-state index contributed by atoms with van der Waals surface area (Å²) in [6.45, 7) is 0.279. The minimum atomic E-state index is -1.52. The third-order valence-electron chi connectivity index (χ3n) is 7.93. The number of imidazole rings is 1. The van der Waals surface area contributed by atoms with Crippen LogP contribution in [0.5, 0.6) is 0 Å². The van der Waals surface area contributed by atoms with Crippen LogP contribution in [0.3, 0.4) is 0 Å². The molecule has 1 N–H and O–H groups in total. The van der Waals surface area contributed by atoms with Crippen molar-refractivity contribution >= 4 is 22.6 Å². The van der Waals surface area contributed by atoms with Gasteiger partial charge in [0.1, 0.15) is 28.4 Å². The number of carbonyl (C=O) groups excluding carboxylic acids is 1. The van der Waals surface area contributed by atoms with Crippen molar-refractivity contribution < 1.29 is 17.8 Å². The Kier molecular flexibility index (Phi) is 7.33. The summed E-state index contributed by atoms with van der Waals surface area (Å²) in [5.41, 5.74) is 3.45. The third-order valence-corrected chi connectivity index (χ3v) is 9.13. The molecule has 0 bridgehead atoms. The van der Waals surface area contributed by atoms with Gasteiger partial charge in [-0.2, -0.15) is 0 Å². The zero-order chi connectivity index (χ0) is 27.8. The molecule has 0 radical (unpaired) electrons. The molecule has 206 valence electrons. The molecule has 40 heavy (non-hydrogen) atoms. The summed E-state index contributed by atoms with van der Waals surface area (Å²) in [4.78, 5) is 20.6.